The van der Waals surface area contributed by atoms with Gasteiger partial charge in [0.2, 0.25) is 5.91 Å². The number of nitrogens with zero attached hydrogens (tertiary/aromatic N) is 1. The van der Waals surface area contributed by atoms with E-state index in [1.807, 2.05) is 18.2 Å². The second-order valence-corrected chi connectivity index (χ2v) is 8.07. The Morgan fingerprint density at radius 2 is 1.89 bits per heavy atom. The van der Waals surface area contributed by atoms with Crippen LogP contribution < -0.4 is 5.32 Å². The molecule has 144 valence electrons. The molecule has 3 rings (SSSR count). The number of aryl methyl sites for hydroxylation is 1. The minimum atomic E-state index is 0.0882. The van der Waals surface area contributed by atoms with Gasteiger partial charge in [0.25, 0.3) is 0 Å². The summed E-state index contributed by atoms with van der Waals surface area (Å²) in [6.07, 6.45) is 4.02. The van der Waals surface area contributed by atoms with Crippen molar-refractivity contribution < 1.29 is 4.79 Å². The lowest BCUT2D eigenvalue weighted by Gasteiger charge is -2.32. The lowest BCUT2D eigenvalue weighted by Crippen LogP contribution is -2.45. The van der Waals surface area contributed by atoms with E-state index in [1.54, 1.807) is 0 Å². The van der Waals surface area contributed by atoms with E-state index in [0.717, 1.165) is 50.3 Å². The Bertz CT molecular complexity index is 717. The zero-order valence-corrected chi connectivity index (χ0v) is 16.8. The van der Waals surface area contributed by atoms with Crippen LogP contribution in [0.3, 0.4) is 0 Å². The molecule has 0 aliphatic carbocycles. The predicted octanol–water partition coefficient (Wildman–Crippen LogP) is 4.69. The fraction of sp³-hybridized carbons (Fsp3) is 0.435. The largest absolute Gasteiger partial charge is 0.353 e. The Morgan fingerprint density at radius 3 is 2.63 bits per heavy atom. The average Bonchev–Trinajstić information content (AvgIpc) is 2.69. The van der Waals surface area contributed by atoms with Crippen LogP contribution in [0.1, 0.15) is 37.3 Å². The maximum Gasteiger partial charge on any atom is 0.224 e. The van der Waals surface area contributed by atoms with Gasteiger partial charge in [-0.2, -0.15) is 0 Å². The summed E-state index contributed by atoms with van der Waals surface area (Å²) >= 11 is 5.97. The van der Waals surface area contributed by atoms with Gasteiger partial charge in [0.05, 0.1) is 5.92 Å². The zero-order chi connectivity index (χ0) is 19.1. The maximum atomic E-state index is 12.7. The van der Waals surface area contributed by atoms with Gasteiger partial charge < -0.3 is 5.32 Å². The second-order valence-electron chi connectivity index (χ2n) is 7.63. The molecule has 1 amide bonds. The van der Waals surface area contributed by atoms with Crippen molar-refractivity contribution in [2.45, 2.75) is 45.2 Å². The first-order chi connectivity index (χ1) is 13.1. The lowest BCUT2D eigenvalue weighted by atomic mass is 9.96. The van der Waals surface area contributed by atoms with Crippen LogP contribution in [0.4, 0.5) is 0 Å². The Kier molecular flexibility index (Phi) is 7.31. The molecular weight excluding hydrogens is 356 g/mol. The monoisotopic (exact) mass is 384 g/mol. The molecule has 2 atom stereocenters. The van der Waals surface area contributed by atoms with Gasteiger partial charge in [0.15, 0.2) is 0 Å². The summed E-state index contributed by atoms with van der Waals surface area (Å²) in [6, 6.07) is 18.6. The highest BCUT2D eigenvalue weighted by Gasteiger charge is 2.26. The third kappa shape index (κ3) is 6.37. The summed E-state index contributed by atoms with van der Waals surface area (Å²) in [7, 11) is 0. The van der Waals surface area contributed by atoms with E-state index in [9.17, 15) is 4.79 Å². The Labute approximate surface area is 167 Å². The van der Waals surface area contributed by atoms with Crippen LogP contribution in [0.25, 0.3) is 0 Å². The average molecular weight is 385 g/mol. The Balaban J connectivity index is 1.45. The number of likely N-dealkylation sites (tertiary alicyclic amines) is 1. The highest BCUT2D eigenvalue weighted by molar-refractivity contribution is 6.30. The Morgan fingerprint density at radius 1 is 1.15 bits per heavy atom. The van der Waals surface area contributed by atoms with Gasteiger partial charge in [-0.15, -0.1) is 0 Å². The number of nitrogens with one attached hydrogen (secondary N) is 1. The van der Waals surface area contributed by atoms with Crippen molar-refractivity contribution in [2.75, 3.05) is 13.1 Å². The van der Waals surface area contributed by atoms with Crippen LogP contribution in [0.2, 0.25) is 5.02 Å². The SMILES string of the molecule is C[C@@H](CCc1ccccc1)NC(=O)[C@@H]1CCCN(Cc2ccc(Cl)cc2)C1. The molecule has 0 spiro atoms. The normalized spacial score (nSPS) is 18.8. The smallest absolute Gasteiger partial charge is 0.224 e. The van der Waals surface area contributed by atoms with Crippen LogP contribution in [-0.4, -0.2) is 29.9 Å². The van der Waals surface area contributed by atoms with Gasteiger partial charge >= 0.3 is 0 Å². The van der Waals surface area contributed by atoms with E-state index in [-0.39, 0.29) is 17.9 Å². The molecule has 1 aliphatic heterocycles. The number of halogens is 1. The molecule has 27 heavy (non-hydrogen) atoms. The Hall–Kier alpha value is -1.84. The minimum Gasteiger partial charge on any atom is -0.353 e. The third-order valence-electron chi connectivity index (χ3n) is 5.29. The van der Waals surface area contributed by atoms with Crippen LogP contribution in [0.5, 0.6) is 0 Å². The molecule has 1 aliphatic rings. The molecule has 1 fully saturated rings. The molecule has 0 aromatic heterocycles. The van der Waals surface area contributed by atoms with Crippen molar-refractivity contribution in [3.8, 4) is 0 Å². The fourth-order valence-corrected chi connectivity index (χ4v) is 3.85. The minimum absolute atomic E-state index is 0.0882. The number of carbonyl (C=O) groups is 1. The van der Waals surface area contributed by atoms with Crippen LogP contribution in [0.15, 0.2) is 54.6 Å². The van der Waals surface area contributed by atoms with Gasteiger partial charge in [0.1, 0.15) is 0 Å². The number of piperidine rings is 1. The number of rotatable bonds is 7. The van der Waals surface area contributed by atoms with Gasteiger partial charge in [-0.05, 0) is 62.4 Å². The fourth-order valence-electron chi connectivity index (χ4n) is 3.72. The van der Waals surface area contributed by atoms with E-state index in [4.69, 9.17) is 11.6 Å². The van der Waals surface area contributed by atoms with Crippen molar-refractivity contribution in [1.82, 2.24) is 10.2 Å². The topological polar surface area (TPSA) is 32.3 Å². The third-order valence-corrected chi connectivity index (χ3v) is 5.55. The highest BCUT2D eigenvalue weighted by Crippen LogP contribution is 2.20. The second kappa shape index (κ2) is 9.91. The van der Waals surface area contributed by atoms with Crippen molar-refractivity contribution in [3.63, 3.8) is 0 Å². The van der Waals surface area contributed by atoms with Gasteiger partial charge in [-0.25, -0.2) is 0 Å². The first-order valence-corrected chi connectivity index (χ1v) is 10.3. The molecule has 3 nitrogen and oxygen atoms in total. The quantitative estimate of drug-likeness (QED) is 0.751. The van der Waals surface area contributed by atoms with Crippen molar-refractivity contribution in [3.05, 3.63) is 70.7 Å². The first-order valence-electron chi connectivity index (χ1n) is 9.91. The highest BCUT2D eigenvalue weighted by atomic mass is 35.5. The van der Waals surface area contributed by atoms with Crippen LogP contribution in [0, 0.1) is 5.92 Å². The molecule has 1 saturated heterocycles. The molecule has 0 unspecified atom stereocenters. The number of hydrogen-bond acceptors (Lipinski definition) is 2. The van der Waals surface area contributed by atoms with Gasteiger partial charge in [-0.1, -0.05) is 54.1 Å². The molecular formula is C23H29ClN2O. The summed E-state index contributed by atoms with van der Waals surface area (Å²) in [5.74, 6) is 0.293. The number of benzene rings is 2. The van der Waals surface area contributed by atoms with E-state index in [2.05, 4.69) is 53.5 Å². The molecule has 1 heterocycles. The molecule has 1 N–H and O–H groups in total. The van der Waals surface area contributed by atoms with E-state index in [0.29, 0.717) is 0 Å². The summed E-state index contributed by atoms with van der Waals surface area (Å²) in [4.78, 5) is 15.1. The van der Waals surface area contributed by atoms with Gasteiger partial charge in [-0.3, -0.25) is 9.69 Å². The summed E-state index contributed by atoms with van der Waals surface area (Å²) in [5, 5.41) is 3.99. The molecule has 4 heteroatoms. The lowest BCUT2D eigenvalue weighted by molar-refractivity contribution is -0.127. The predicted molar refractivity (Wildman–Crippen MR) is 112 cm³/mol. The maximum absolute atomic E-state index is 12.7. The van der Waals surface area contributed by atoms with Crippen molar-refractivity contribution >= 4 is 17.5 Å². The summed E-state index contributed by atoms with van der Waals surface area (Å²) in [5.41, 5.74) is 2.57. The number of carbonyl (C=O) groups excluding carboxylic acids is 1. The first kappa shape index (κ1) is 19.9. The van der Waals surface area contributed by atoms with E-state index in [1.165, 1.54) is 11.1 Å². The molecule has 0 saturated carbocycles. The summed E-state index contributed by atoms with van der Waals surface area (Å²) < 4.78 is 0. The standard InChI is InChI=1S/C23H29ClN2O/c1-18(9-10-19-6-3-2-4-7-19)25-23(27)21-8-5-15-26(17-21)16-20-11-13-22(24)14-12-20/h2-4,6-7,11-14,18,21H,5,8-10,15-17H2,1H3,(H,25,27)/t18-,21+/m0/s1. The van der Waals surface area contributed by atoms with Gasteiger partial charge in [0, 0.05) is 24.2 Å². The molecule has 2 aromatic carbocycles. The van der Waals surface area contributed by atoms with Crippen LogP contribution >= 0.6 is 11.6 Å². The molecule has 0 radical (unpaired) electrons. The van der Waals surface area contributed by atoms with Crippen LogP contribution in [-0.2, 0) is 17.8 Å². The molecule has 0 bridgehead atoms. The number of hydrogen-bond donors (Lipinski definition) is 1. The van der Waals surface area contributed by atoms with Crippen molar-refractivity contribution in [2.24, 2.45) is 5.92 Å². The van der Waals surface area contributed by atoms with Crippen molar-refractivity contribution in [1.29, 1.82) is 0 Å². The van der Waals surface area contributed by atoms with E-state index >= 15 is 0 Å². The van der Waals surface area contributed by atoms with E-state index < -0.39 is 0 Å². The number of amides is 1. The summed E-state index contributed by atoms with van der Waals surface area (Å²) in [6.45, 7) is 4.87. The zero-order valence-electron chi connectivity index (χ0n) is 16.0. The molecule has 2 aromatic rings.